The highest BCUT2D eigenvalue weighted by atomic mass is 16.3. The van der Waals surface area contributed by atoms with Crippen LogP contribution in [-0.2, 0) is 0 Å². The topological polar surface area (TPSA) is 23.5 Å². The number of nitrogens with zero attached hydrogens (tertiary/aromatic N) is 1. The Morgan fingerprint density at radius 2 is 1.86 bits per heavy atom. The molecule has 1 aliphatic heterocycles. The van der Waals surface area contributed by atoms with Gasteiger partial charge in [-0.3, -0.25) is 0 Å². The first-order chi connectivity index (χ1) is 10.1. The zero-order valence-corrected chi connectivity index (χ0v) is 13.9. The monoisotopic (exact) mass is 289 g/mol. The van der Waals surface area contributed by atoms with E-state index in [1.54, 1.807) is 0 Å². The predicted octanol–water partition coefficient (Wildman–Crippen LogP) is 4.38. The predicted molar refractivity (Wildman–Crippen MR) is 89.6 cm³/mol. The number of aryl methyl sites for hydroxylation is 2. The molecule has 0 spiro atoms. The Hall–Kier alpha value is -0.860. The summed E-state index contributed by atoms with van der Waals surface area (Å²) in [5, 5.41) is 10.5. The summed E-state index contributed by atoms with van der Waals surface area (Å²) in [5.74, 6) is 0. The molecular formula is C19H31NO. The lowest BCUT2D eigenvalue weighted by molar-refractivity contribution is 0.122. The van der Waals surface area contributed by atoms with Crippen molar-refractivity contribution in [2.24, 2.45) is 0 Å². The first-order valence-electron chi connectivity index (χ1n) is 8.60. The third kappa shape index (κ3) is 4.82. The van der Waals surface area contributed by atoms with Crippen molar-refractivity contribution >= 4 is 0 Å². The van der Waals surface area contributed by atoms with Crippen molar-refractivity contribution in [3.05, 3.63) is 34.9 Å². The van der Waals surface area contributed by atoms with E-state index in [1.807, 2.05) is 0 Å². The molecule has 0 bridgehead atoms. The third-order valence-corrected chi connectivity index (χ3v) is 4.79. The van der Waals surface area contributed by atoms with Gasteiger partial charge in [0.15, 0.2) is 0 Å². The van der Waals surface area contributed by atoms with Crippen LogP contribution in [0.15, 0.2) is 18.2 Å². The van der Waals surface area contributed by atoms with E-state index in [4.69, 9.17) is 0 Å². The summed E-state index contributed by atoms with van der Waals surface area (Å²) in [7, 11) is 0. The summed E-state index contributed by atoms with van der Waals surface area (Å²) in [6.07, 6.45) is 7.14. The molecule has 2 rings (SSSR count). The molecule has 2 nitrogen and oxygen atoms in total. The number of hydrogen-bond donors (Lipinski definition) is 1. The summed E-state index contributed by atoms with van der Waals surface area (Å²) in [4.78, 5) is 2.61. The normalized spacial score (nSPS) is 22.0. The van der Waals surface area contributed by atoms with Gasteiger partial charge in [0, 0.05) is 12.6 Å². The minimum Gasteiger partial charge on any atom is -0.388 e. The first-order valence-corrected chi connectivity index (χ1v) is 8.60. The second-order valence-electron chi connectivity index (χ2n) is 6.67. The number of rotatable bonds is 5. The molecule has 0 amide bonds. The Kier molecular flexibility index (Phi) is 6.25. The molecule has 2 unspecified atom stereocenters. The van der Waals surface area contributed by atoms with E-state index in [0.717, 1.165) is 24.6 Å². The smallest absolute Gasteiger partial charge is 0.0802 e. The van der Waals surface area contributed by atoms with E-state index < -0.39 is 0 Å². The van der Waals surface area contributed by atoms with E-state index in [9.17, 15) is 5.11 Å². The molecule has 118 valence electrons. The van der Waals surface area contributed by atoms with Gasteiger partial charge in [-0.1, -0.05) is 49.1 Å². The van der Waals surface area contributed by atoms with Crippen molar-refractivity contribution < 1.29 is 5.11 Å². The van der Waals surface area contributed by atoms with Gasteiger partial charge in [0.2, 0.25) is 0 Å². The number of aliphatic hydroxyl groups excluding tert-OH is 1. The fourth-order valence-electron chi connectivity index (χ4n) is 3.65. The quantitative estimate of drug-likeness (QED) is 0.869. The molecule has 1 aliphatic rings. The van der Waals surface area contributed by atoms with E-state index in [1.165, 1.54) is 49.8 Å². The lowest BCUT2D eigenvalue weighted by Gasteiger charge is -2.30. The van der Waals surface area contributed by atoms with Crippen molar-refractivity contribution in [1.29, 1.82) is 0 Å². The summed E-state index contributed by atoms with van der Waals surface area (Å²) in [6.45, 7) is 8.73. The van der Waals surface area contributed by atoms with Crippen molar-refractivity contribution in [3.8, 4) is 0 Å². The first kappa shape index (κ1) is 16.5. The lowest BCUT2D eigenvalue weighted by Crippen LogP contribution is -2.35. The Labute approximate surface area is 130 Å². The van der Waals surface area contributed by atoms with E-state index >= 15 is 0 Å². The molecule has 1 aromatic rings. The highest BCUT2D eigenvalue weighted by molar-refractivity contribution is 5.29. The summed E-state index contributed by atoms with van der Waals surface area (Å²) < 4.78 is 0. The molecule has 0 radical (unpaired) electrons. The second kappa shape index (κ2) is 7.95. The molecule has 0 saturated carbocycles. The summed E-state index contributed by atoms with van der Waals surface area (Å²) in [6, 6.07) is 7.13. The van der Waals surface area contributed by atoms with Crippen LogP contribution in [0.25, 0.3) is 0 Å². The SMILES string of the molecule is CCC1CCCCCN1CCC(O)c1cc(C)cc(C)c1. The van der Waals surface area contributed by atoms with Gasteiger partial charge in [-0.05, 0) is 51.6 Å². The Bertz CT molecular complexity index is 423. The average molecular weight is 289 g/mol. The van der Waals surface area contributed by atoms with E-state index in [-0.39, 0.29) is 6.10 Å². The average Bonchev–Trinajstić information content (AvgIpc) is 2.68. The van der Waals surface area contributed by atoms with Gasteiger partial charge in [0.1, 0.15) is 0 Å². The maximum absolute atomic E-state index is 10.5. The third-order valence-electron chi connectivity index (χ3n) is 4.79. The van der Waals surface area contributed by atoms with Crippen molar-refractivity contribution in [2.45, 2.75) is 71.4 Å². The highest BCUT2D eigenvalue weighted by Crippen LogP contribution is 2.23. The zero-order valence-electron chi connectivity index (χ0n) is 13.9. The number of likely N-dealkylation sites (tertiary alicyclic amines) is 1. The van der Waals surface area contributed by atoms with Gasteiger partial charge in [-0.15, -0.1) is 0 Å². The van der Waals surface area contributed by atoms with Crippen LogP contribution in [0.4, 0.5) is 0 Å². The lowest BCUT2D eigenvalue weighted by atomic mass is 10.0. The largest absolute Gasteiger partial charge is 0.388 e. The molecule has 1 heterocycles. The van der Waals surface area contributed by atoms with Crippen LogP contribution in [-0.4, -0.2) is 29.1 Å². The van der Waals surface area contributed by atoms with Gasteiger partial charge >= 0.3 is 0 Å². The van der Waals surface area contributed by atoms with Crippen LogP contribution in [0.3, 0.4) is 0 Å². The number of aliphatic hydroxyl groups is 1. The molecule has 1 fully saturated rings. The molecule has 0 aliphatic carbocycles. The van der Waals surface area contributed by atoms with Crippen LogP contribution in [0.2, 0.25) is 0 Å². The van der Waals surface area contributed by atoms with Crippen LogP contribution >= 0.6 is 0 Å². The van der Waals surface area contributed by atoms with E-state index in [2.05, 4.69) is 43.9 Å². The summed E-state index contributed by atoms with van der Waals surface area (Å²) in [5.41, 5.74) is 3.56. The van der Waals surface area contributed by atoms with Crippen LogP contribution < -0.4 is 0 Å². The molecule has 0 aromatic heterocycles. The fraction of sp³-hybridized carbons (Fsp3) is 0.684. The molecule has 1 saturated heterocycles. The second-order valence-corrected chi connectivity index (χ2v) is 6.67. The number of benzene rings is 1. The summed E-state index contributed by atoms with van der Waals surface area (Å²) >= 11 is 0. The van der Waals surface area contributed by atoms with Gasteiger partial charge in [0.25, 0.3) is 0 Å². The van der Waals surface area contributed by atoms with E-state index in [0.29, 0.717) is 0 Å². The van der Waals surface area contributed by atoms with Crippen LogP contribution in [0.5, 0.6) is 0 Å². The highest BCUT2D eigenvalue weighted by Gasteiger charge is 2.20. The van der Waals surface area contributed by atoms with Crippen LogP contribution in [0, 0.1) is 13.8 Å². The Balaban J connectivity index is 1.94. The molecule has 2 atom stereocenters. The fourth-order valence-corrected chi connectivity index (χ4v) is 3.65. The standard InChI is InChI=1S/C19H31NO/c1-4-18-8-6-5-7-10-20(18)11-9-19(21)17-13-15(2)12-16(3)14-17/h12-14,18-19,21H,4-11H2,1-3H3. The Morgan fingerprint density at radius 3 is 2.52 bits per heavy atom. The maximum atomic E-state index is 10.5. The van der Waals surface area contributed by atoms with Crippen molar-refractivity contribution in [2.75, 3.05) is 13.1 Å². The van der Waals surface area contributed by atoms with Crippen molar-refractivity contribution in [3.63, 3.8) is 0 Å². The van der Waals surface area contributed by atoms with Gasteiger partial charge in [-0.2, -0.15) is 0 Å². The minimum atomic E-state index is -0.329. The molecular weight excluding hydrogens is 258 g/mol. The van der Waals surface area contributed by atoms with Gasteiger partial charge < -0.3 is 10.0 Å². The molecule has 1 N–H and O–H groups in total. The Morgan fingerprint density at radius 1 is 1.14 bits per heavy atom. The number of hydrogen-bond acceptors (Lipinski definition) is 2. The van der Waals surface area contributed by atoms with Crippen molar-refractivity contribution in [1.82, 2.24) is 4.90 Å². The van der Waals surface area contributed by atoms with Gasteiger partial charge in [0.05, 0.1) is 6.10 Å². The molecule has 1 aromatic carbocycles. The molecule has 2 heteroatoms. The van der Waals surface area contributed by atoms with Gasteiger partial charge in [-0.25, -0.2) is 0 Å². The van der Waals surface area contributed by atoms with Crippen LogP contribution in [0.1, 0.15) is 68.2 Å². The minimum absolute atomic E-state index is 0.329. The molecule has 21 heavy (non-hydrogen) atoms. The zero-order chi connectivity index (χ0) is 15.2. The maximum Gasteiger partial charge on any atom is 0.0802 e.